The first-order chi connectivity index (χ1) is 23.2. The summed E-state index contributed by atoms with van der Waals surface area (Å²) in [6.45, 7) is 8.74. The predicted molar refractivity (Wildman–Crippen MR) is 176 cm³/mol. The normalized spacial score (nSPS) is 25.1. The number of primary amides is 1. The number of aromatic nitrogens is 1. The van der Waals surface area contributed by atoms with Gasteiger partial charge in [0.25, 0.3) is 0 Å². The average Bonchev–Trinajstić information content (AvgIpc) is 3.47. The van der Waals surface area contributed by atoms with E-state index in [1.54, 1.807) is 52.2 Å². The van der Waals surface area contributed by atoms with Crippen molar-refractivity contribution >= 4 is 17.5 Å². The van der Waals surface area contributed by atoms with E-state index in [9.17, 15) is 40.3 Å². The second-order valence-corrected chi connectivity index (χ2v) is 14.0. The van der Waals surface area contributed by atoms with Gasteiger partial charge in [-0.1, -0.05) is 26.0 Å². The van der Waals surface area contributed by atoms with E-state index in [-0.39, 0.29) is 41.3 Å². The van der Waals surface area contributed by atoms with Gasteiger partial charge in [-0.25, -0.2) is 13.7 Å². The number of carbonyl (C=O) groups is 2. The van der Waals surface area contributed by atoms with Gasteiger partial charge < -0.3 is 5.73 Å². The first-order valence-corrected chi connectivity index (χ1v) is 16.3. The number of amides is 2. The maximum atomic E-state index is 14.3. The van der Waals surface area contributed by atoms with Crippen LogP contribution in [-0.4, -0.2) is 35.4 Å². The minimum atomic E-state index is -5.00. The highest BCUT2D eigenvalue weighted by molar-refractivity contribution is 5.94. The number of hydrogen-bond donors (Lipinski definition) is 2. The molecule has 50 heavy (non-hydrogen) atoms. The van der Waals surface area contributed by atoms with Gasteiger partial charge in [0.05, 0.1) is 42.5 Å². The SMILES string of the molecule is C=CC[C@@]1(C(N)=O)CCC(c2cc(-c3ccc(F)cc3C)c([N+](C)(C(=O)CC)C3CC(C)(c4cc(C(F)(F)F)cc(C(F)(F)F)c4)C3)cn2)N1. The van der Waals surface area contributed by atoms with Crippen LogP contribution in [0.5, 0.6) is 0 Å². The van der Waals surface area contributed by atoms with Crippen LogP contribution in [0.25, 0.3) is 11.1 Å². The lowest BCUT2D eigenvalue weighted by Gasteiger charge is -2.52. The molecular formula is C37H40F7N4O2+. The van der Waals surface area contributed by atoms with Crippen molar-refractivity contribution < 1.29 is 40.3 Å². The van der Waals surface area contributed by atoms with Crippen molar-refractivity contribution in [3.05, 3.63) is 95.1 Å². The van der Waals surface area contributed by atoms with Gasteiger partial charge in [0, 0.05) is 23.8 Å². The lowest BCUT2D eigenvalue weighted by Crippen LogP contribution is -2.65. The van der Waals surface area contributed by atoms with Crippen molar-refractivity contribution in [3.63, 3.8) is 0 Å². The van der Waals surface area contributed by atoms with Crippen molar-refractivity contribution in [3.8, 4) is 11.1 Å². The van der Waals surface area contributed by atoms with Crippen molar-refractivity contribution in [2.75, 3.05) is 7.05 Å². The van der Waals surface area contributed by atoms with Gasteiger partial charge in [0.15, 0.2) is 5.69 Å². The number of nitrogens with one attached hydrogen (secondary N) is 1. The molecule has 0 bridgehead atoms. The van der Waals surface area contributed by atoms with Gasteiger partial charge in [0.1, 0.15) is 17.4 Å². The van der Waals surface area contributed by atoms with Gasteiger partial charge >= 0.3 is 18.3 Å². The number of nitrogens with two attached hydrogens (primary N) is 1. The smallest absolute Gasteiger partial charge is 0.368 e. The molecule has 1 aliphatic carbocycles. The number of benzene rings is 2. The lowest BCUT2D eigenvalue weighted by molar-refractivity contribution is -0.143. The number of nitrogens with zero attached hydrogens (tertiary/aromatic N) is 2. The fourth-order valence-corrected chi connectivity index (χ4v) is 7.71. The van der Waals surface area contributed by atoms with Crippen LogP contribution in [0.3, 0.4) is 0 Å². The van der Waals surface area contributed by atoms with Crippen LogP contribution in [0.4, 0.5) is 36.4 Å². The van der Waals surface area contributed by atoms with Crippen LogP contribution in [0, 0.1) is 12.7 Å². The van der Waals surface area contributed by atoms with Crippen LogP contribution in [-0.2, 0) is 27.4 Å². The molecule has 2 fully saturated rings. The summed E-state index contributed by atoms with van der Waals surface area (Å²) in [6.07, 6.45) is -5.30. The molecule has 3 N–H and O–H groups in total. The average molecular weight is 706 g/mol. The topological polar surface area (TPSA) is 85.1 Å². The fourth-order valence-electron chi connectivity index (χ4n) is 7.71. The molecule has 2 heterocycles. The summed E-state index contributed by atoms with van der Waals surface area (Å²) in [5.41, 5.74) is 3.49. The van der Waals surface area contributed by atoms with Crippen molar-refractivity contribution in [1.29, 1.82) is 0 Å². The van der Waals surface area contributed by atoms with Gasteiger partial charge in [0.2, 0.25) is 5.91 Å². The Labute approximate surface area is 286 Å². The minimum Gasteiger partial charge on any atom is -0.368 e. The number of hydrogen-bond acceptors (Lipinski definition) is 4. The molecule has 1 aliphatic heterocycles. The van der Waals surface area contributed by atoms with E-state index in [1.165, 1.54) is 12.1 Å². The second kappa shape index (κ2) is 12.9. The summed E-state index contributed by atoms with van der Waals surface area (Å²) < 4.78 is 96.4. The highest BCUT2D eigenvalue weighted by atomic mass is 19.4. The fraction of sp³-hybridized carbons (Fsp3) is 0.432. The van der Waals surface area contributed by atoms with Gasteiger partial charge in [-0.2, -0.15) is 26.3 Å². The predicted octanol–water partition coefficient (Wildman–Crippen LogP) is 8.45. The summed E-state index contributed by atoms with van der Waals surface area (Å²) in [5.74, 6) is -1.24. The van der Waals surface area contributed by atoms with Crippen LogP contribution >= 0.6 is 0 Å². The van der Waals surface area contributed by atoms with Crippen molar-refractivity contribution in [1.82, 2.24) is 14.8 Å². The Morgan fingerprint density at radius 1 is 1.04 bits per heavy atom. The summed E-state index contributed by atoms with van der Waals surface area (Å²) in [7, 11) is 1.68. The molecule has 13 heteroatoms. The Bertz CT molecular complexity index is 1800. The first-order valence-electron chi connectivity index (χ1n) is 16.3. The van der Waals surface area contributed by atoms with E-state index in [4.69, 9.17) is 10.7 Å². The number of carbonyl (C=O) groups excluding carboxylic acids is 2. The van der Waals surface area contributed by atoms with E-state index in [2.05, 4.69) is 11.9 Å². The Kier molecular flexibility index (Phi) is 9.59. The van der Waals surface area contributed by atoms with E-state index in [0.717, 1.165) is 12.1 Å². The summed E-state index contributed by atoms with van der Waals surface area (Å²) >= 11 is 0. The molecule has 1 saturated heterocycles. The van der Waals surface area contributed by atoms with E-state index >= 15 is 0 Å². The Balaban J connectivity index is 1.61. The molecule has 3 atom stereocenters. The van der Waals surface area contributed by atoms with E-state index in [1.807, 2.05) is 0 Å². The summed E-state index contributed by atoms with van der Waals surface area (Å²) in [4.78, 5) is 31.2. The zero-order valence-electron chi connectivity index (χ0n) is 28.2. The minimum absolute atomic E-state index is 0.0714. The molecule has 2 aliphatic rings. The second-order valence-electron chi connectivity index (χ2n) is 14.0. The molecule has 3 aromatic rings. The molecule has 0 radical (unpaired) electrons. The Morgan fingerprint density at radius 3 is 2.18 bits per heavy atom. The first kappa shape index (κ1) is 37.2. The van der Waals surface area contributed by atoms with Crippen LogP contribution < -0.4 is 15.5 Å². The molecular weight excluding hydrogens is 665 g/mol. The quantitative estimate of drug-likeness (QED) is 0.133. The van der Waals surface area contributed by atoms with Crippen LogP contribution in [0.2, 0.25) is 0 Å². The highest BCUT2D eigenvalue weighted by Crippen LogP contribution is 2.53. The van der Waals surface area contributed by atoms with Crippen molar-refractivity contribution in [2.45, 2.75) is 94.7 Å². The third-order valence-corrected chi connectivity index (χ3v) is 10.7. The maximum Gasteiger partial charge on any atom is 0.416 e. The zero-order valence-corrected chi connectivity index (χ0v) is 28.2. The molecule has 1 saturated carbocycles. The van der Waals surface area contributed by atoms with Gasteiger partial charge in [-0.05, 0) is 79.3 Å². The standard InChI is InChI=1S/C37H39F7N4O2/c1-6-11-35(33(45)50)12-10-29(47-35)30-17-28(27-9-8-25(38)13-21(27)3)31(20-46-30)48(5,32(49)7-2)26-18-34(4,19-26)22-14-23(36(39,40)41)16-24(15-22)37(42,43)44/h6,8-9,13-17,20,26,29,47H,1,7,10-12,18-19H2,2-5H3,(H-,45,50)/p+1/t26?,29?,34?,35-,48?/m0/s1. The van der Waals surface area contributed by atoms with E-state index < -0.39 is 58.2 Å². The number of quaternary nitrogens is 1. The number of rotatable bonds is 9. The summed E-state index contributed by atoms with van der Waals surface area (Å²) in [5, 5.41) is 3.32. The summed E-state index contributed by atoms with van der Waals surface area (Å²) in [6, 6.07) is 6.72. The molecule has 1 aromatic heterocycles. The highest BCUT2D eigenvalue weighted by Gasteiger charge is 2.56. The van der Waals surface area contributed by atoms with Gasteiger partial charge in [-0.15, -0.1) is 6.58 Å². The van der Waals surface area contributed by atoms with Crippen LogP contribution in [0.1, 0.15) is 86.4 Å². The molecule has 0 spiro atoms. The number of halogens is 7. The third kappa shape index (κ3) is 6.57. The third-order valence-electron chi connectivity index (χ3n) is 10.7. The maximum absolute atomic E-state index is 14.3. The Hall–Kier alpha value is -4.10. The van der Waals surface area contributed by atoms with E-state index in [0.29, 0.717) is 47.3 Å². The molecule has 2 amide bonds. The molecule has 2 aromatic carbocycles. The monoisotopic (exact) mass is 705 g/mol. The lowest BCUT2D eigenvalue weighted by atomic mass is 9.61. The number of alkyl halides is 6. The molecule has 268 valence electrons. The number of aryl methyl sites for hydroxylation is 1. The Morgan fingerprint density at radius 2 is 1.66 bits per heavy atom. The van der Waals surface area contributed by atoms with Crippen molar-refractivity contribution in [2.24, 2.45) is 5.73 Å². The van der Waals surface area contributed by atoms with Crippen LogP contribution in [0.15, 0.2) is 61.3 Å². The largest absolute Gasteiger partial charge is 0.416 e. The molecule has 6 nitrogen and oxygen atoms in total. The zero-order chi connectivity index (χ0) is 37.0. The molecule has 2 unspecified atom stereocenters. The molecule has 5 rings (SSSR count). The van der Waals surface area contributed by atoms with Gasteiger partial charge in [-0.3, -0.25) is 15.1 Å². The number of pyridine rings is 1.